The Morgan fingerprint density at radius 1 is 0.913 bits per heavy atom. The Bertz CT molecular complexity index is 339. The summed E-state index contributed by atoms with van der Waals surface area (Å²) >= 11 is 0. The molecule has 0 bridgehead atoms. The minimum absolute atomic E-state index is 0.478. The SMILES string of the molecule is CCCCCCCCCCCCOC(C)OC(=O)C(C)=C(F)F. The summed E-state index contributed by atoms with van der Waals surface area (Å²) < 4.78 is 34.5. The molecule has 0 aliphatic rings. The zero-order chi connectivity index (χ0) is 17.5. The van der Waals surface area contributed by atoms with Crippen molar-refractivity contribution in [1.82, 2.24) is 0 Å². The Kier molecular flexibility index (Phi) is 14.0. The Hall–Kier alpha value is -0.970. The van der Waals surface area contributed by atoms with Crippen molar-refractivity contribution >= 4 is 5.97 Å². The van der Waals surface area contributed by atoms with Crippen molar-refractivity contribution in [2.75, 3.05) is 6.61 Å². The van der Waals surface area contributed by atoms with Gasteiger partial charge in [0.25, 0.3) is 6.08 Å². The molecule has 0 rings (SSSR count). The molecule has 5 heteroatoms. The summed E-state index contributed by atoms with van der Waals surface area (Å²) in [6, 6.07) is 0. The minimum Gasteiger partial charge on any atom is -0.433 e. The zero-order valence-electron chi connectivity index (χ0n) is 14.8. The van der Waals surface area contributed by atoms with Gasteiger partial charge < -0.3 is 9.47 Å². The van der Waals surface area contributed by atoms with E-state index < -0.39 is 23.9 Å². The molecule has 0 aliphatic heterocycles. The maximum Gasteiger partial charge on any atom is 0.341 e. The van der Waals surface area contributed by atoms with E-state index in [1.54, 1.807) is 0 Å². The smallest absolute Gasteiger partial charge is 0.341 e. The molecule has 0 saturated carbocycles. The highest BCUT2D eigenvalue weighted by Gasteiger charge is 2.15. The molecule has 0 heterocycles. The molecule has 0 amide bonds. The molecule has 0 aromatic heterocycles. The van der Waals surface area contributed by atoms with Crippen LogP contribution >= 0.6 is 0 Å². The van der Waals surface area contributed by atoms with E-state index in [1.165, 1.54) is 58.3 Å². The number of carbonyl (C=O) groups is 1. The van der Waals surface area contributed by atoms with Gasteiger partial charge in [0.1, 0.15) is 0 Å². The van der Waals surface area contributed by atoms with Crippen LogP contribution in [0.4, 0.5) is 8.78 Å². The lowest BCUT2D eigenvalue weighted by molar-refractivity contribution is -0.170. The van der Waals surface area contributed by atoms with Gasteiger partial charge in [-0.05, 0) is 20.3 Å². The lowest BCUT2D eigenvalue weighted by Gasteiger charge is -2.14. The maximum atomic E-state index is 12.2. The van der Waals surface area contributed by atoms with Crippen molar-refractivity contribution in [3.05, 3.63) is 11.7 Å². The summed E-state index contributed by atoms with van der Waals surface area (Å²) in [5, 5.41) is 0. The minimum atomic E-state index is -2.02. The Morgan fingerprint density at radius 2 is 1.39 bits per heavy atom. The van der Waals surface area contributed by atoms with Crippen molar-refractivity contribution in [3.63, 3.8) is 0 Å². The first-order valence-corrected chi connectivity index (χ1v) is 8.83. The second-order valence-electron chi connectivity index (χ2n) is 5.91. The number of hydrogen-bond acceptors (Lipinski definition) is 3. The fourth-order valence-electron chi connectivity index (χ4n) is 2.19. The van der Waals surface area contributed by atoms with E-state index in [1.807, 2.05) is 0 Å². The third kappa shape index (κ3) is 13.2. The Labute approximate surface area is 139 Å². The summed E-state index contributed by atoms with van der Waals surface area (Å²) in [4.78, 5) is 11.3. The molecule has 3 nitrogen and oxygen atoms in total. The van der Waals surface area contributed by atoms with Gasteiger partial charge in [-0.15, -0.1) is 0 Å². The van der Waals surface area contributed by atoms with Gasteiger partial charge in [0, 0.05) is 0 Å². The standard InChI is InChI=1S/C18H32F2O3/c1-4-5-6-7-8-9-10-11-12-13-14-22-16(3)23-18(21)15(2)17(19)20/h16H,4-14H2,1-3H3. The van der Waals surface area contributed by atoms with Gasteiger partial charge in [-0.2, -0.15) is 8.78 Å². The second kappa shape index (κ2) is 14.6. The largest absolute Gasteiger partial charge is 0.433 e. The lowest BCUT2D eigenvalue weighted by atomic mass is 10.1. The van der Waals surface area contributed by atoms with Crippen LogP contribution in [0, 0.1) is 0 Å². The third-order valence-electron chi connectivity index (χ3n) is 3.71. The summed E-state index contributed by atoms with van der Waals surface area (Å²) in [6.45, 7) is 5.27. The fraction of sp³-hybridized carbons (Fsp3) is 0.833. The molecule has 136 valence electrons. The van der Waals surface area contributed by atoms with E-state index in [0.29, 0.717) is 6.61 Å². The van der Waals surface area contributed by atoms with Crippen LogP contribution in [0.2, 0.25) is 0 Å². The van der Waals surface area contributed by atoms with Crippen LogP contribution < -0.4 is 0 Å². The van der Waals surface area contributed by atoms with Crippen LogP contribution in [0.3, 0.4) is 0 Å². The van der Waals surface area contributed by atoms with E-state index in [2.05, 4.69) is 6.92 Å². The highest BCUT2D eigenvalue weighted by atomic mass is 19.3. The monoisotopic (exact) mass is 334 g/mol. The molecule has 0 saturated heterocycles. The van der Waals surface area contributed by atoms with E-state index in [4.69, 9.17) is 9.47 Å². The molecular weight excluding hydrogens is 302 g/mol. The van der Waals surface area contributed by atoms with E-state index in [-0.39, 0.29) is 0 Å². The molecule has 23 heavy (non-hydrogen) atoms. The van der Waals surface area contributed by atoms with Crippen LogP contribution in [-0.2, 0) is 14.3 Å². The van der Waals surface area contributed by atoms with Crippen LogP contribution in [0.1, 0.15) is 85.0 Å². The average molecular weight is 334 g/mol. The summed E-state index contributed by atoms with van der Waals surface area (Å²) in [5.41, 5.74) is -0.667. The van der Waals surface area contributed by atoms with Crippen molar-refractivity contribution in [2.45, 2.75) is 91.3 Å². The molecule has 0 fully saturated rings. The molecule has 1 unspecified atom stereocenters. The van der Waals surface area contributed by atoms with E-state index >= 15 is 0 Å². The maximum absolute atomic E-state index is 12.2. The van der Waals surface area contributed by atoms with Crippen molar-refractivity contribution < 1.29 is 23.0 Å². The van der Waals surface area contributed by atoms with E-state index in [9.17, 15) is 13.6 Å². The van der Waals surface area contributed by atoms with Gasteiger partial charge in [-0.25, -0.2) is 4.79 Å². The Morgan fingerprint density at radius 3 is 1.87 bits per heavy atom. The highest BCUT2D eigenvalue weighted by Crippen LogP contribution is 2.12. The number of rotatable bonds is 14. The molecule has 0 aromatic carbocycles. The highest BCUT2D eigenvalue weighted by molar-refractivity contribution is 5.87. The Balaban J connectivity index is 3.44. The summed E-state index contributed by atoms with van der Waals surface area (Å²) in [5.74, 6) is -1.03. The van der Waals surface area contributed by atoms with Crippen molar-refractivity contribution in [2.24, 2.45) is 0 Å². The van der Waals surface area contributed by atoms with Crippen LogP contribution in [0.5, 0.6) is 0 Å². The summed E-state index contributed by atoms with van der Waals surface area (Å²) in [7, 11) is 0. The van der Waals surface area contributed by atoms with Gasteiger partial charge in [-0.1, -0.05) is 64.7 Å². The molecule has 0 spiro atoms. The molecule has 0 N–H and O–H groups in total. The number of halogens is 2. The fourth-order valence-corrected chi connectivity index (χ4v) is 2.19. The first-order chi connectivity index (χ1) is 11.0. The lowest BCUT2D eigenvalue weighted by Crippen LogP contribution is -2.19. The molecular formula is C18H32F2O3. The van der Waals surface area contributed by atoms with E-state index in [0.717, 1.165) is 19.8 Å². The number of carbonyl (C=O) groups excluding carboxylic acids is 1. The molecule has 1 atom stereocenters. The number of unbranched alkanes of at least 4 members (excludes halogenated alkanes) is 9. The van der Waals surface area contributed by atoms with Gasteiger partial charge >= 0.3 is 5.97 Å². The van der Waals surface area contributed by atoms with Crippen molar-refractivity contribution in [1.29, 1.82) is 0 Å². The summed E-state index contributed by atoms with van der Waals surface area (Å²) in [6.07, 6.45) is 9.51. The molecule has 0 aliphatic carbocycles. The zero-order valence-corrected chi connectivity index (χ0v) is 14.8. The van der Waals surface area contributed by atoms with Gasteiger partial charge in [0.05, 0.1) is 12.2 Å². The quantitative estimate of drug-likeness (QED) is 0.169. The predicted octanol–water partition coefficient (Wildman–Crippen LogP) is 5.98. The second-order valence-corrected chi connectivity index (χ2v) is 5.91. The van der Waals surface area contributed by atoms with Crippen molar-refractivity contribution in [3.8, 4) is 0 Å². The predicted molar refractivity (Wildman–Crippen MR) is 88.3 cm³/mol. The van der Waals surface area contributed by atoms with Crippen LogP contribution in [0.15, 0.2) is 11.7 Å². The molecule has 0 radical (unpaired) electrons. The topological polar surface area (TPSA) is 35.5 Å². The van der Waals surface area contributed by atoms with Crippen LogP contribution in [0.25, 0.3) is 0 Å². The van der Waals surface area contributed by atoms with Gasteiger partial charge in [0.2, 0.25) is 0 Å². The van der Waals surface area contributed by atoms with Gasteiger partial charge in [0.15, 0.2) is 6.29 Å². The molecule has 0 aromatic rings. The number of ether oxygens (including phenoxy) is 2. The average Bonchev–Trinajstić information content (AvgIpc) is 2.51. The van der Waals surface area contributed by atoms with Crippen LogP contribution in [-0.4, -0.2) is 18.9 Å². The third-order valence-corrected chi connectivity index (χ3v) is 3.71. The normalized spacial score (nSPS) is 12.0. The van der Waals surface area contributed by atoms with Gasteiger partial charge in [-0.3, -0.25) is 0 Å². The first kappa shape index (κ1) is 22.0. The first-order valence-electron chi connectivity index (χ1n) is 8.83. The number of hydrogen-bond donors (Lipinski definition) is 0. The number of esters is 1.